The number of hydrogen-bond acceptors (Lipinski definition) is 3. The monoisotopic (exact) mass is 368 g/mol. The smallest absolute Gasteiger partial charge is 0.411 e. The van der Waals surface area contributed by atoms with Crippen molar-refractivity contribution in [3.8, 4) is 0 Å². The third kappa shape index (κ3) is 4.00. The first kappa shape index (κ1) is 16.8. The lowest BCUT2D eigenvalue weighted by molar-refractivity contribution is -0.130. The van der Waals surface area contributed by atoms with Crippen molar-refractivity contribution in [1.29, 1.82) is 0 Å². The molecule has 0 radical (unpaired) electrons. The number of hydrogen-bond donors (Lipinski definition) is 1. The molecule has 1 aromatic rings. The van der Waals surface area contributed by atoms with Gasteiger partial charge in [-0.15, -0.1) is 0 Å². The van der Waals surface area contributed by atoms with E-state index in [1.54, 1.807) is 0 Å². The topological polar surface area (TPSA) is 58.6 Å². The van der Waals surface area contributed by atoms with Crippen molar-refractivity contribution in [3.05, 3.63) is 34.3 Å². The minimum Gasteiger partial charge on any atom is -0.444 e. The van der Waals surface area contributed by atoms with E-state index in [1.165, 1.54) is 4.90 Å². The second kappa shape index (κ2) is 6.28. The molecule has 6 heteroatoms. The van der Waals surface area contributed by atoms with Crippen LogP contribution in [0, 0.1) is 0 Å². The quantitative estimate of drug-likeness (QED) is 0.827. The normalized spacial score (nSPS) is 22.2. The van der Waals surface area contributed by atoms with E-state index in [2.05, 4.69) is 21.2 Å². The Morgan fingerprint density at radius 1 is 1.41 bits per heavy atom. The Morgan fingerprint density at radius 3 is 2.68 bits per heavy atom. The lowest BCUT2D eigenvalue weighted by atomic mass is 10.0. The van der Waals surface area contributed by atoms with Gasteiger partial charge in [0.25, 0.3) is 0 Å². The molecule has 5 nitrogen and oxygen atoms in total. The SMILES string of the molecule is C[C@@H]1CN(C(=O)OC(C)(C)C)[C@@H](c2cccc(Br)c2)C(=O)N1. The Labute approximate surface area is 139 Å². The van der Waals surface area contributed by atoms with Gasteiger partial charge in [0, 0.05) is 17.1 Å². The van der Waals surface area contributed by atoms with Crippen molar-refractivity contribution >= 4 is 27.9 Å². The number of piperazine rings is 1. The molecule has 120 valence electrons. The summed E-state index contributed by atoms with van der Waals surface area (Å²) in [5.74, 6) is -0.192. The van der Waals surface area contributed by atoms with E-state index < -0.39 is 17.7 Å². The van der Waals surface area contributed by atoms with E-state index in [0.717, 1.165) is 10.0 Å². The maximum absolute atomic E-state index is 12.5. The van der Waals surface area contributed by atoms with Crippen LogP contribution in [0.3, 0.4) is 0 Å². The number of carbonyl (C=O) groups excluding carboxylic acids is 2. The fourth-order valence-corrected chi connectivity index (χ4v) is 2.83. The third-order valence-corrected chi connectivity index (χ3v) is 3.70. The molecule has 0 spiro atoms. The number of nitrogens with zero attached hydrogens (tertiary/aromatic N) is 1. The number of halogens is 1. The van der Waals surface area contributed by atoms with Crippen molar-refractivity contribution in [2.24, 2.45) is 0 Å². The molecular weight excluding hydrogens is 348 g/mol. The molecule has 1 fully saturated rings. The molecule has 1 aromatic carbocycles. The Balaban J connectivity index is 2.34. The first-order chi connectivity index (χ1) is 10.2. The fourth-order valence-electron chi connectivity index (χ4n) is 2.42. The maximum Gasteiger partial charge on any atom is 0.411 e. The predicted molar refractivity (Wildman–Crippen MR) is 87.4 cm³/mol. The Kier molecular flexibility index (Phi) is 4.80. The van der Waals surface area contributed by atoms with Crippen LogP contribution in [-0.4, -0.2) is 35.1 Å². The highest BCUT2D eigenvalue weighted by molar-refractivity contribution is 9.10. The summed E-state index contributed by atoms with van der Waals surface area (Å²) in [5.41, 5.74) is 0.153. The lowest BCUT2D eigenvalue weighted by Gasteiger charge is -2.39. The van der Waals surface area contributed by atoms with E-state index in [-0.39, 0.29) is 11.9 Å². The average Bonchev–Trinajstić information content (AvgIpc) is 2.35. The molecule has 0 saturated carbocycles. The highest BCUT2D eigenvalue weighted by Crippen LogP contribution is 2.28. The average molecular weight is 369 g/mol. The van der Waals surface area contributed by atoms with E-state index in [0.29, 0.717) is 6.54 Å². The van der Waals surface area contributed by atoms with Crippen LogP contribution in [0.25, 0.3) is 0 Å². The highest BCUT2D eigenvalue weighted by atomic mass is 79.9. The van der Waals surface area contributed by atoms with Crippen LogP contribution >= 0.6 is 15.9 Å². The van der Waals surface area contributed by atoms with Crippen LogP contribution < -0.4 is 5.32 Å². The number of benzene rings is 1. The molecule has 1 saturated heterocycles. The van der Waals surface area contributed by atoms with Gasteiger partial charge in [0.2, 0.25) is 5.91 Å². The van der Waals surface area contributed by atoms with E-state index in [1.807, 2.05) is 52.0 Å². The van der Waals surface area contributed by atoms with E-state index in [9.17, 15) is 9.59 Å². The predicted octanol–water partition coefficient (Wildman–Crippen LogP) is 3.25. The molecule has 0 unspecified atom stereocenters. The van der Waals surface area contributed by atoms with Crippen molar-refractivity contribution in [2.75, 3.05) is 6.54 Å². The van der Waals surface area contributed by atoms with Crippen LogP contribution in [0.1, 0.15) is 39.3 Å². The molecule has 2 atom stereocenters. The third-order valence-electron chi connectivity index (χ3n) is 3.21. The van der Waals surface area contributed by atoms with Crippen LogP contribution in [0.5, 0.6) is 0 Å². The Bertz CT molecular complexity index is 583. The summed E-state index contributed by atoms with van der Waals surface area (Å²) >= 11 is 3.40. The summed E-state index contributed by atoms with van der Waals surface area (Å²) in [5, 5.41) is 2.89. The van der Waals surface area contributed by atoms with Crippen molar-refractivity contribution in [2.45, 2.75) is 45.4 Å². The first-order valence-corrected chi connectivity index (χ1v) is 8.02. The van der Waals surface area contributed by atoms with Crippen LogP contribution in [0.15, 0.2) is 28.7 Å². The maximum atomic E-state index is 12.5. The summed E-state index contributed by atoms with van der Waals surface area (Å²) in [6, 6.07) is 6.62. The molecule has 2 rings (SSSR count). The van der Waals surface area contributed by atoms with Gasteiger partial charge in [-0.1, -0.05) is 28.1 Å². The summed E-state index contributed by atoms with van der Waals surface area (Å²) < 4.78 is 6.31. The molecular formula is C16H21BrN2O3. The number of rotatable bonds is 1. The molecule has 2 amide bonds. The van der Waals surface area contributed by atoms with Crippen LogP contribution in [0.4, 0.5) is 4.79 Å². The van der Waals surface area contributed by atoms with Crippen molar-refractivity contribution < 1.29 is 14.3 Å². The van der Waals surface area contributed by atoms with E-state index in [4.69, 9.17) is 4.74 Å². The zero-order valence-electron chi connectivity index (χ0n) is 13.2. The van der Waals surface area contributed by atoms with Gasteiger partial charge >= 0.3 is 6.09 Å². The van der Waals surface area contributed by atoms with Gasteiger partial charge in [-0.25, -0.2) is 4.79 Å². The van der Waals surface area contributed by atoms with Crippen molar-refractivity contribution in [3.63, 3.8) is 0 Å². The van der Waals surface area contributed by atoms with Gasteiger partial charge in [0.15, 0.2) is 0 Å². The van der Waals surface area contributed by atoms with Gasteiger partial charge in [0.05, 0.1) is 0 Å². The standard InChI is InChI=1S/C16H21BrN2O3/c1-10-9-19(15(21)22-16(2,3)4)13(14(20)18-10)11-6-5-7-12(17)8-11/h5-8,10,13H,9H2,1-4H3,(H,18,20)/t10-,13+/m1/s1. The fraction of sp³-hybridized carbons (Fsp3) is 0.500. The zero-order chi connectivity index (χ0) is 16.5. The van der Waals surface area contributed by atoms with Gasteiger partial charge in [-0.3, -0.25) is 9.69 Å². The summed E-state index contributed by atoms with van der Waals surface area (Å²) in [6.07, 6.45) is -0.473. The minimum atomic E-state index is -0.677. The molecule has 1 N–H and O–H groups in total. The summed E-state index contributed by atoms with van der Waals surface area (Å²) in [6.45, 7) is 7.72. The first-order valence-electron chi connectivity index (χ1n) is 7.23. The largest absolute Gasteiger partial charge is 0.444 e. The Hall–Kier alpha value is -1.56. The summed E-state index contributed by atoms with van der Waals surface area (Å²) in [4.78, 5) is 26.4. The van der Waals surface area contributed by atoms with Crippen molar-refractivity contribution in [1.82, 2.24) is 10.2 Å². The number of amides is 2. The molecule has 1 aliphatic heterocycles. The number of ether oxygens (including phenoxy) is 1. The molecule has 1 aliphatic rings. The van der Waals surface area contributed by atoms with Gasteiger partial charge in [-0.05, 0) is 45.4 Å². The number of carbonyl (C=O) groups is 2. The lowest BCUT2D eigenvalue weighted by Crippen LogP contribution is -2.57. The number of nitrogens with one attached hydrogen (secondary N) is 1. The Morgan fingerprint density at radius 2 is 2.09 bits per heavy atom. The molecule has 0 aromatic heterocycles. The molecule has 22 heavy (non-hydrogen) atoms. The van der Waals surface area contributed by atoms with Crippen LogP contribution in [-0.2, 0) is 9.53 Å². The van der Waals surface area contributed by atoms with Gasteiger partial charge in [-0.2, -0.15) is 0 Å². The van der Waals surface area contributed by atoms with Gasteiger partial charge < -0.3 is 10.1 Å². The second-order valence-electron chi connectivity index (χ2n) is 6.50. The van der Waals surface area contributed by atoms with Crippen LogP contribution in [0.2, 0.25) is 0 Å². The zero-order valence-corrected chi connectivity index (χ0v) is 14.8. The molecule has 0 aliphatic carbocycles. The molecule has 0 bridgehead atoms. The minimum absolute atomic E-state index is 0.108. The highest BCUT2D eigenvalue weighted by Gasteiger charge is 2.39. The van der Waals surface area contributed by atoms with E-state index >= 15 is 0 Å². The van der Waals surface area contributed by atoms with Gasteiger partial charge in [0.1, 0.15) is 11.6 Å². The molecule has 1 heterocycles. The second-order valence-corrected chi connectivity index (χ2v) is 7.42. The summed E-state index contributed by atoms with van der Waals surface area (Å²) in [7, 11) is 0.